The van der Waals surface area contributed by atoms with Gasteiger partial charge < -0.3 is 16.0 Å². The van der Waals surface area contributed by atoms with Gasteiger partial charge in [0.05, 0.1) is 0 Å². The van der Waals surface area contributed by atoms with E-state index in [0.29, 0.717) is 12.8 Å². The zero-order valence-corrected chi connectivity index (χ0v) is 12.9. The Labute approximate surface area is 122 Å². The van der Waals surface area contributed by atoms with Crippen molar-refractivity contribution in [3.05, 3.63) is 0 Å². The van der Waals surface area contributed by atoms with Crippen LogP contribution in [0.3, 0.4) is 0 Å². The van der Waals surface area contributed by atoms with Gasteiger partial charge in [0.25, 0.3) is 0 Å². The summed E-state index contributed by atoms with van der Waals surface area (Å²) in [6.45, 7) is 5.49. The fraction of sp³-hybridized carbons (Fsp3) is 0.867. The Bertz CT molecular complexity index is 310. The molecule has 1 fully saturated rings. The molecule has 2 amide bonds. The number of nitrogens with one attached hydrogen (secondary N) is 1. The molecule has 1 aliphatic heterocycles. The van der Waals surface area contributed by atoms with E-state index < -0.39 is 0 Å². The molecule has 0 radical (unpaired) electrons. The van der Waals surface area contributed by atoms with E-state index in [9.17, 15) is 9.59 Å². The van der Waals surface area contributed by atoms with Gasteiger partial charge in [0.2, 0.25) is 11.8 Å². The number of hydrogen-bond donors (Lipinski definition) is 2. The van der Waals surface area contributed by atoms with Gasteiger partial charge in [-0.25, -0.2) is 0 Å². The van der Waals surface area contributed by atoms with Crippen molar-refractivity contribution < 1.29 is 9.59 Å². The number of likely N-dealkylation sites (tertiary alicyclic amines) is 1. The molecule has 1 rings (SSSR count). The summed E-state index contributed by atoms with van der Waals surface area (Å²) in [5.74, 6) is 0.359. The second kappa shape index (κ2) is 8.95. The molecule has 1 aliphatic rings. The van der Waals surface area contributed by atoms with Gasteiger partial charge in [-0.05, 0) is 39.0 Å². The molecule has 0 spiro atoms. The minimum Gasteiger partial charge on any atom is -0.353 e. The van der Waals surface area contributed by atoms with Gasteiger partial charge >= 0.3 is 0 Å². The topological polar surface area (TPSA) is 75.4 Å². The van der Waals surface area contributed by atoms with E-state index in [1.54, 1.807) is 0 Å². The molecule has 5 nitrogen and oxygen atoms in total. The standard InChI is InChI=1S/C15H29N3O2/c1-3-5-14(19)17-13-8-10-18(11-9-13)15(20)7-4-6-12(2)16/h12-13H,3-11,16H2,1-2H3,(H,17,19). The van der Waals surface area contributed by atoms with E-state index in [4.69, 9.17) is 5.73 Å². The summed E-state index contributed by atoms with van der Waals surface area (Å²) in [4.78, 5) is 25.5. The lowest BCUT2D eigenvalue weighted by Gasteiger charge is -2.32. The molecule has 0 aromatic rings. The van der Waals surface area contributed by atoms with Gasteiger partial charge in [0, 0.05) is 38.0 Å². The third-order valence-electron chi connectivity index (χ3n) is 3.74. The SMILES string of the molecule is CCCC(=O)NC1CCN(C(=O)CCCC(C)N)CC1. The van der Waals surface area contributed by atoms with Crippen molar-refractivity contribution >= 4 is 11.8 Å². The van der Waals surface area contributed by atoms with Gasteiger partial charge in [0.1, 0.15) is 0 Å². The van der Waals surface area contributed by atoms with Crippen molar-refractivity contribution in [3.8, 4) is 0 Å². The minimum absolute atomic E-state index is 0.134. The Morgan fingerprint density at radius 2 is 1.95 bits per heavy atom. The van der Waals surface area contributed by atoms with Gasteiger partial charge in [-0.3, -0.25) is 9.59 Å². The summed E-state index contributed by atoms with van der Waals surface area (Å²) >= 11 is 0. The normalized spacial score (nSPS) is 17.9. The van der Waals surface area contributed by atoms with Gasteiger partial charge in [0.15, 0.2) is 0 Å². The van der Waals surface area contributed by atoms with Crippen molar-refractivity contribution in [2.45, 2.75) is 70.9 Å². The quantitative estimate of drug-likeness (QED) is 0.742. The van der Waals surface area contributed by atoms with Crippen molar-refractivity contribution in [3.63, 3.8) is 0 Å². The van der Waals surface area contributed by atoms with Crippen LogP contribution in [-0.4, -0.2) is 41.9 Å². The third kappa shape index (κ3) is 6.37. The monoisotopic (exact) mass is 283 g/mol. The molecule has 3 N–H and O–H groups in total. The average molecular weight is 283 g/mol. The summed E-state index contributed by atoms with van der Waals surface area (Å²) in [5, 5.41) is 3.04. The third-order valence-corrected chi connectivity index (χ3v) is 3.74. The van der Waals surface area contributed by atoms with E-state index in [2.05, 4.69) is 5.32 Å². The first kappa shape index (κ1) is 17.0. The molecule has 1 unspecified atom stereocenters. The number of hydrogen-bond acceptors (Lipinski definition) is 3. The van der Waals surface area contributed by atoms with Crippen LogP contribution in [0.2, 0.25) is 0 Å². The van der Waals surface area contributed by atoms with Crippen LogP contribution in [0.5, 0.6) is 0 Å². The highest BCUT2D eigenvalue weighted by Gasteiger charge is 2.23. The summed E-state index contributed by atoms with van der Waals surface area (Å²) in [6, 6.07) is 0.407. The summed E-state index contributed by atoms with van der Waals surface area (Å²) in [7, 11) is 0. The number of amides is 2. The van der Waals surface area contributed by atoms with E-state index in [0.717, 1.165) is 45.2 Å². The first-order chi connectivity index (χ1) is 9.52. The van der Waals surface area contributed by atoms with E-state index >= 15 is 0 Å². The summed E-state index contributed by atoms with van der Waals surface area (Å²) < 4.78 is 0. The molecule has 20 heavy (non-hydrogen) atoms. The number of nitrogens with two attached hydrogens (primary N) is 1. The zero-order chi connectivity index (χ0) is 15.0. The molecule has 5 heteroatoms. The van der Waals surface area contributed by atoms with Gasteiger partial charge in [-0.15, -0.1) is 0 Å². The first-order valence-corrected chi connectivity index (χ1v) is 7.85. The van der Waals surface area contributed by atoms with Crippen LogP contribution in [0.25, 0.3) is 0 Å². The van der Waals surface area contributed by atoms with Crippen LogP contribution in [0.15, 0.2) is 0 Å². The van der Waals surface area contributed by atoms with Crippen molar-refractivity contribution in [1.82, 2.24) is 10.2 Å². The first-order valence-electron chi connectivity index (χ1n) is 7.85. The molecule has 0 saturated carbocycles. The highest BCUT2D eigenvalue weighted by molar-refractivity contribution is 5.77. The Balaban J connectivity index is 2.20. The second-order valence-electron chi connectivity index (χ2n) is 5.84. The van der Waals surface area contributed by atoms with Crippen LogP contribution >= 0.6 is 0 Å². The number of carbonyl (C=O) groups is 2. The Kier molecular flexibility index (Phi) is 7.59. The highest BCUT2D eigenvalue weighted by Crippen LogP contribution is 2.13. The Morgan fingerprint density at radius 1 is 1.30 bits per heavy atom. The Hall–Kier alpha value is -1.10. The maximum absolute atomic E-state index is 12.0. The second-order valence-corrected chi connectivity index (χ2v) is 5.84. The maximum Gasteiger partial charge on any atom is 0.222 e. The van der Waals surface area contributed by atoms with Crippen LogP contribution in [0.4, 0.5) is 0 Å². The number of piperidine rings is 1. The maximum atomic E-state index is 12.0. The lowest BCUT2D eigenvalue weighted by Crippen LogP contribution is -2.46. The van der Waals surface area contributed by atoms with E-state index in [1.807, 2.05) is 18.7 Å². The molecular formula is C15H29N3O2. The predicted molar refractivity (Wildman–Crippen MR) is 80.2 cm³/mol. The molecule has 116 valence electrons. The molecule has 0 aliphatic carbocycles. The van der Waals surface area contributed by atoms with Gasteiger partial charge in [-0.1, -0.05) is 6.92 Å². The Morgan fingerprint density at radius 3 is 2.50 bits per heavy atom. The number of rotatable bonds is 7. The summed E-state index contributed by atoms with van der Waals surface area (Å²) in [5.41, 5.74) is 5.68. The van der Waals surface area contributed by atoms with Crippen molar-refractivity contribution in [2.24, 2.45) is 5.73 Å². The summed E-state index contributed by atoms with van der Waals surface area (Å²) in [6.07, 6.45) is 5.56. The zero-order valence-electron chi connectivity index (χ0n) is 12.9. The van der Waals surface area contributed by atoms with Gasteiger partial charge in [-0.2, -0.15) is 0 Å². The average Bonchev–Trinajstić information content (AvgIpc) is 2.39. The van der Waals surface area contributed by atoms with Crippen molar-refractivity contribution in [1.29, 1.82) is 0 Å². The van der Waals surface area contributed by atoms with Crippen LogP contribution in [0.1, 0.15) is 58.8 Å². The molecule has 0 aromatic carbocycles. The number of nitrogens with zero attached hydrogens (tertiary/aromatic N) is 1. The molecule has 1 saturated heterocycles. The van der Waals surface area contributed by atoms with Crippen LogP contribution in [-0.2, 0) is 9.59 Å². The fourth-order valence-corrected chi connectivity index (χ4v) is 2.53. The van der Waals surface area contributed by atoms with E-state index in [1.165, 1.54) is 0 Å². The van der Waals surface area contributed by atoms with Crippen LogP contribution in [0, 0.1) is 0 Å². The lowest BCUT2D eigenvalue weighted by molar-refractivity contribution is -0.132. The minimum atomic E-state index is 0.134. The van der Waals surface area contributed by atoms with Crippen LogP contribution < -0.4 is 11.1 Å². The van der Waals surface area contributed by atoms with Crippen molar-refractivity contribution in [2.75, 3.05) is 13.1 Å². The fourth-order valence-electron chi connectivity index (χ4n) is 2.53. The number of carbonyl (C=O) groups excluding carboxylic acids is 2. The highest BCUT2D eigenvalue weighted by atomic mass is 16.2. The molecular weight excluding hydrogens is 254 g/mol. The molecule has 0 aromatic heterocycles. The molecule has 1 atom stereocenters. The largest absolute Gasteiger partial charge is 0.353 e. The lowest BCUT2D eigenvalue weighted by atomic mass is 10.0. The van der Waals surface area contributed by atoms with E-state index in [-0.39, 0.29) is 23.9 Å². The predicted octanol–water partition coefficient (Wildman–Crippen LogP) is 1.41. The molecule has 0 bridgehead atoms. The smallest absolute Gasteiger partial charge is 0.222 e. The molecule has 1 heterocycles.